The van der Waals surface area contributed by atoms with Gasteiger partial charge in [0.05, 0.1) is 12.7 Å². The maximum absolute atomic E-state index is 4.71. The molecule has 31 heavy (non-hydrogen) atoms. The summed E-state index contributed by atoms with van der Waals surface area (Å²) in [6.07, 6.45) is 12.6. The second-order valence-electron chi connectivity index (χ2n) is 7.66. The van der Waals surface area contributed by atoms with E-state index in [4.69, 9.17) is 4.98 Å². The van der Waals surface area contributed by atoms with Crippen molar-refractivity contribution in [2.45, 2.75) is 25.9 Å². The molecular formula is C24H23N7. The molecule has 0 spiro atoms. The number of hydrogen-bond donors (Lipinski definition) is 1. The average molecular weight is 409 g/mol. The first-order valence-corrected chi connectivity index (χ1v) is 10.3. The first kappa shape index (κ1) is 19.0. The predicted molar refractivity (Wildman–Crippen MR) is 118 cm³/mol. The Labute approximate surface area is 180 Å². The van der Waals surface area contributed by atoms with Crippen LogP contribution in [0.5, 0.6) is 0 Å². The van der Waals surface area contributed by atoms with E-state index < -0.39 is 0 Å². The van der Waals surface area contributed by atoms with Gasteiger partial charge in [0.1, 0.15) is 5.82 Å². The van der Waals surface area contributed by atoms with Gasteiger partial charge in [0.25, 0.3) is 0 Å². The van der Waals surface area contributed by atoms with Gasteiger partial charge in [0, 0.05) is 50.7 Å². The fourth-order valence-electron chi connectivity index (χ4n) is 3.73. The summed E-state index contributed by atoms with van der Waals surface area (Å²) in [6.45, 7) is 1.62. The highest BCUT2D eigenvalue weighted by atomic mass is 15.2. The van der Waals surface area contributed by atoms with Gasteiger partial charge in [-0.3, -0.25) is 5.10 Å². The number of hydrogen-bond acceptors (Lipinski definition) is 4. The lowest BCUT2D eigenvalue weighted by Crippen LogP contribution is -1.99. The van der Waals surface area contributed by atoms with Crippen LogP contribution in [0.25, 0.3) is 0 Å². The summed E-state index contributed by atoms with van der Waals surface area (Å²) in [7, 11) is 0. The van der Waals surface area contributed by atoms with Gasteiger partial charge in [0.15, 0.2) is 5.82 Å². The minimum absolute atomic E-state index is 0.703. The molecule has 1 N–H and O–H groups in total. The van der Waals surface area contributed by atoms with Crippen molar-refractivity contribution in [1.29, 1.82) is 0 Å². The van der Waals surface area contributed by atoms with Crippen molar-refractivity contribution in [1.82, 2.24) is 34.3 Å². The van der Waals surface area contributed by atoms with Crippen LogP contribution in [0.15, 0.2) is 86.0 Å². The summed E-state index contributed by atoms with van der Waals surface area (Å²) in [6, 6.07) is 17.1. The average Bonchev–Trinajstić information content (AvgIpc) is 3.53. The van der Waals surface area contributed by atoms with Crippen molar-refractivity contribution in [3.8, 4) is 0 Å². The molecule has 0 unspecified atom stereocenters. The Kier molecular flexibility index (Phi) is 5.38. The lowest BCUT2D eigenvalue weighted by molar-refractivity contribution is 0.795. The van der Waals surface area contributed by atoms with Crippen molar-refractivity contribution in [3.63, 3.8) is 0 Å². The highest BCUT2D eigenvalue weighted by molar-refractivity contribution is 5.28. The second kappa shape index (κ2) is 8.79. The van der Waals surface area contributed by atoms with E-state index >= 15 is 0 Å². The van der Waals surface area contributed by atoms with E-state index in [2.05, 4.69) is 77.8 Å². The van der Waals surface area contributed by atoms with Gasteiger partial charge in [0.2, 0.25) is 0 Å². The first-order valence-electron chi connectivity index (χ1n) is 10.3. The minimum atomic E-state index is 0.703. The molecule has 0 aliphatic carbocycles. The topological polar surface area (TPSA) is 77.2 Å². The largest absolute Gasteiger partial charge is 0.333 e. The summed E-state index contributed by atoms with van der Waals surface area (Å²) < 4.78 is 4.12. The van der Waals surface area contributed by atoms with E-state index in [0.29, 0.717) is 6.42 Å². The third-order valence-electron chi connectivity index (χ3n) is 5.14. The van der Waals surface area contributed by atoms with E-state index in [1.54, 1.807) is 12.4 Å². The van der Waals surface area contributed by atoms with Crippen LogP contribution >= 0.6 is 0 Å². The zero-order valence-electron chi connectivity index (χ0n) is 17.1. The Bertz CT molecular complexity index is 1140. The highest BCUT2D eigenvalue weighted by Crippen LogP contribution is 2.13. The number of benzene rings is 2. The number of rotatable bonds is 8. The number of nitrogens with one attached hydrogen (secondary N) is 1. The number of H-pyrrole nitrogens is 1. The van der Waals surface area contributed by atoms with E-state index in [1.807, 2.05) is 25.0 Å². The fourth-order valence-corrected chi connectivity index (χ4v) is 3.73. The van der Waals surface area contributed by atoms with Crippen LogP contribution in [-0.2, 0) is 25.9 Å². The molecule has 154 valence electrons. The van der Waals surface area contributed by atoms with Crippen LogP contribution < -0.4 is 0 Å². The predicted octanol–water partition coefficient (Wildman–Crippen LogP) is 3.48. The zero-order chi connectivity index (χ0) is 20.9. The van der Waals surface area contributed by atoms with Crippen LogP contribution in [0.3, 0.4) is 0 Å². The van der Waals surface area contributed by atoms with Gasteiger partial charge in [-0.1, -0.05) is 48.5 Å². The Morgan fingerprint density at radius 2 is 1.29 bits per heavy atom. The Balaban J connectivity index is 1.24. The van der Waals surface area contributed by atoms with Gasteiger partial charge in [-0.05, 0) is 22.3 Å². The molecule has 0 aliphatic rings. The summed E-state index contributed by atoms with van der Waals surface area (Å²) in [5, 5.41) is 7.53. The van der Waals surface area contributed by atoms with Crippen LogP contribution in [0, 0.1) is 0 Å². The van der Waals surface area contributed by atoms with Crippen LogP contribution in [0.4, 0.5) is 0 Å². The van der Waals surface area contributed by atoms with Crippen molar-refractivity contribution >= 4 is 0 Å². The van der Waals surface area contributed by atoms with E-state index in [9.17, 15) is 0 Å². The van der Waals surface area contributed by atoms with Crippen molar-refractivity contribution in [2.24, 2.45) is 0 Å². The van der Waals surface area contributed by atoms with Crippen LogP contribution in [0.1, 0.15) is 33.9 Å². The third kappa shape index (κ3) is 4.95. The van der Waals surface area contributed by atoms with E-state index in [1.165, 1.54) is 22.3 Å². The normalized spacial score (nSPS) is 11.1. The van der Waals surface area contributed by atoms with Crippen molar-refractivity contribution in [2.75, 3.05) is 0 Å². The molecule has 0 atom stereocenters. The Hall–Kier alpha value is -4.00. The molecule has 3 heterocycles. The van der Waals surface area contributed by atoms with Gasteiger partial charge in [-0.15, -0.1) is 0 Å². The maximum Gasteiger partial charge on any atom is 0.155 e. The molecule has 7 nitrogen and oxygen atoms in total. The number of imidazole rings is 2. The molecule has 0 aliphatic heterocycles. The summed E-state index contributed by atoms with van der Waals surface area (Å²) >= 11 is 0. The molecular weight excluding hydrogens is 386 g/mol. The highest BCUT2D eigenvalue weighted by Gasteiger charge is 2.07. The van der Waals surface area contributed by atoms with Gasteiger partial charge in [-0.25, -0.2) is 15.0 Å². The smallest absolute Gasteiger partial charge is 0.155 e. The SMILES string of the molecule is c1cc(Cc2n[nH]c(Cc3cccc(Cn4ccnc4)c3)n2)cc(Cn2ccnc2)c1. The quantitative estimate of drug-likeness (QED) is 0.426. The molecule has 5 aromatic rings. The molecule has 5 rings (SSSR count). The number of aromatic nitrogens is 7. The fraction of sp³-hybridized carbons (Fsp3) is 0.167. The zero-order valence-corrected chi connectivity index (χ0v) is 17.1. The lowest BCUT2D eigenvalue weighted by atomic mass is 10.1. The molecule has 0 fully saturated rings. The minimum Gasteiger partial charge on any atom is -0.333 e. The molecule has 0 bridgehead atoms. The Morgan fingerprint density at radius 3 is 1.87 bits per heavy atom. The number of nitrogens with zero attached hydrogens (tertiary/aromatic N) is 6. The van der Waals surface area contributed by atoms with Gasteiger partial charge < -0.3 is 9.13 Å². The molecule has 0 saturated heterocycles. The number of aromatic amines is 1. The second-order valence-corrected chi connectivity index (χ2v) is 7.66. The lowest BCUT2D eigenvalue weighted by Gasteiger charge is -2.05. The summed E-state index contributed by atoms with van der Waals surface area (Å²) in [4.78, 5) is 12.9. The standard InChI is InChI=1S/C24H23N7/c1-3-19(11-21(5-1)15-30-9-7-25-17-30)13-23-27-24(29-28-23)14-20-4-2-6-22(12-20)16-31-10-8-26-18-31/h1-12,17-18H,13-16H2,(H,27,28,29). The molecule has 0 radical (unpaired) electrons. The van der Waals surface area contributed by atoms with Gasteiger partial charge in [-0.2, -0.15) is 5.10 Å². The molecule has 7 heteroatoms. The van der Waals surface area contributed by atoms with Crippen LogP contribution in [-0.4, -0.2) is 34.3 Å². The van der Waals surface area contributed by atoms with Crippen molar-refractivity contribution < 1.29 is 0 Å². The monoisotopic (exact) mass is 409 g/mol. The van der Waals surface area contributed by atoms with E-state index in [0.717, 1.165) is 31.2 Å². The first-order chi connectivity index (χ1) is 15.3. The molecule has 0 amide bonds. The van der Waals surface area contributed by atoms with E-state index in [-0.39, 0.29) is 0 Å². The van der Waals surface area contributed by atoms with Gasteiger partial charge >= 0.3 is 0 Å². The molecule has 3 aromatic heterocycles. The molecule has 0 saturated carbocycles. The summed E-state index contributed by atoms with van der Waals surface area (Å²) in [5.41, 5.74) is 4.89. The summed E-state index contributed by atoms with van der Waals surface area (Å²) in [5.74, 6) is 1.69. The Morgan fingerprint density at radius 1 is 0.710 bits per heavy atom. The molecule has 2 aromatic carbocycles. The van der Waals surface area contributed by atoms with Crippen LogP contribution in [0.2, 0.25) is 0 Å². The third-order valence-corrected chi connectivity index (χ3v) is 5.14. The van der Waals surface area contributed by atoms with Crippen molar-refractivity contribution in [3.05, 3.63) is 120 Å². The maximum atomic E-state index is 4.71.